The normalized spacial score (nSPS) is 10.8. The van der Waals surface area contributed by atoms with Crippen molar-refractivity contribution in [1.82, 2.24) is 4.98 Å². The van der Waals surface area contributed by atoms with Gasteiger partial charge in [-0.05, 0) is 30.3 Å². The third kappa shape index (κ3) is 3.01. The lowest BCUT2D eigenvalue weighted by Crippen LogP contribution is -2.14. The largest absolute Gasteiger partial charge is 0.441 e. The first-order valence-corrected chi connectivity index (χ1v) is 7.09. The quantitative estimate of drug-likeness (QED) is 0.803. The monoisotopic (exact) mass is 313 g/mol. The molecule has 0 saturated heterocycles. The topological polar surface area (TPSA) is 58.4 Å². The summed E-state index contributed by atoms with van der Waals surface area (Å²) in [6.07, 6.45) is 0. The first kappa shape index (κ1) is 15.0. The van der Waals surface area contributed by atoms with Crippen LogP contribution in [0.5, 0.6) is 0 Å². The molecule has 3 rings (SSSR count). The van der Waals surface area contributed by atoms with E-state index < -0.39 is 5.82 Å². The lowest BCUT2D eigenvalue weighted by molar-refractivity contribution is 0.102. The molecular weight excluding hydrogens is 297 g/mol. The van der Waals surface area contributed by atoms with Gasteiger partial charge in [0.15, 0.2) is 11.5 Å². The molecule has 23 heavy (non-hydrogen) atoms. The summed E-state index contributed by atoms with van der Waals surface area (Å²) >= 11 is 0. The maximum absolute atomic E-state index is 14.0. The molecule has 0 unspecified atom stereocenters. The van der Waals surface area contributed by atoms with Crippen molar-refractivity contribution in [2.75, 3.05) is 24.3 Å². The summed E-state index contributed by atoms with van der Waals surface area (Å²) < 4.78 is 19.4. The number of hydrogen-bond acceptors (Lipinski definition) is 4. The van der Waals surface area contributed by atoms with Crippen molar-refractivity contribution >= 4 is 28.4 Å². The predicted molar refractivity (Wildman–Crippen MR) is 87.4 cm³/mol. The zero-order chi connectivity index (χ0) is 16.6. The highest BCUT2D eigenvalue weighted by Crippen LogP contribution is 2.22. The lowest BCUT2D eigenvalue weighted by atomic mass is 10.1. The van der Waals surface area contributed by atoms with Gasteiger partial charge in [-0.3, -0.25) is 4.79 Å². The number of halogens is 1. The van der Waals surface area contributed by atoms with E-state index in [4.69, 9.17) is 4.42 Å². The number of oxazole rings is 1. The number of benzene rings is 2. The van der Waals surface area contributed by atoms with Crippen LogP contribution in [-0.4, -0.2) is 25.0 Å². The number of hydrogen-bond donors (Lipinski definition) is 1. The number of carbonyl (C=O) groups excluding carboxylic acids is 1. The molecule has 6 heteroatoms. The second-order valence-electron chi connectivity index (χ2n) is 5.43. The summed E-state index contributed by atoms with van der Waals surface area (Å²) in [7, 11) is 3.49. The number of nitrogens with zero attached hydrogens (tertiary/aromatic N) is 2. The van der Waals surface area contributed by atoms with Crippen LogP contribution in [0.3, 0.4) is 0 Å². The van der Waals surface area contributed by atoms with Gasteiger partial charge in [0.2, 0.25) is 0 Å². The molecule has 0 aliphatic heterocycles. The second-order valence-corrected chi connectivity index (χ2v) is 5.43. The van der Waals surface area contributed by atoms with E-state index in [9.17, 15) is 9.18 Å². The molecule has 0 radical (unpaired) electrons. The molecule has 0 bridgehead atoms. The van der Waals surface area contributed by atoms with Crippen molar-refractivity contribution in [3.05, 3.63) is 53.7 Å². The Morgan fingerprint density at radius 2 is 2.00 bits per heavy atom. The van der Waals surface area contributed by atoms with Crippen LogP contribution in [0, 0.1) is 12.7 Å². The molecule has 0 fully saturated rings. The Labute approximate surface area is 132 Å². The SMILES string of the molecule is Cc1nc2ccc(NC(=O)c3ccc(N(C)C)c(F)c3)cc2o1. The van der Waals surface area contributed by atoms with Crippen molar-refractivity contribution < 1.29 is 13.6 Å². The summed E-state index contributed by atoms with van der Waals surface area (Å²) in [5.41, 5.74) is 2.56. The van der Waals surface area contributed by atoms with Crippen LogP contribution in [0.4, 0.5) is 15.8 Å². The van der Waals surface area contributed by atoms with Gasteiger partial charge in [-0.2, -0.15) is 0 Å². The number of carbonyl (C=O) groups is 1. The van der Waals surface area contributed by atoms with Crippen LogP contribution in [-0.2, 0) is 0 Å². The molecule has 3 aromatic rings. The molecule has 0 aliphatic carbocycles. The fraction of sp³-hybridized carbons (Fsp3) is 0.176. The highest BCUT2D eigenvalue weighted by atomic mass is 19.1. The van der Waals surface area contributed by atoms with Crippen molar-refractivity contribution in [2.24, 2.45) is 0 Å². The van der Waals surface area contributed by atoms with Crippen LogP contribution in [0.2, 0.25) is 0 Å². The second kappa shape index (κ2) is 5.72. The van der Waals surface area contributed by atoms with Crippen molar-refractivity contribution in [2.45, 2.75) is 6.92 Å². The molecule has 0 saturated carbocycles. The molecule has 0 aliphatic rings. The van der Waals surface area contributed by atoms with E-state index in [1.165, 1.54) is 6.07 Å². The van der Waals surface area contributed by atoms with Crippen LogP contribution in [0.1, 0.15) is 16.2 Å². The minimum Gasteiger partial charge on any atom is -0.441 e. The Balaban J connectivity index is 1.83. The minimum absolute atomic E-state index is 0.252. The lowest BCUT2D eigenvalue weighted by Gasteiger charge is -2.14. The minimum atomic E-state index is -0.441. The average molecular weight is 313 g/mol. The maximum Gasteiger partial charge on any atom is 0.255 e. The third-order valence-corrected chi connectivity index (χ3v) is 3.44. The maximum atomic E-state index is 14.0. The van der Waals surface area contributed by atoms with Gasteiger partial charge >= 0.3 is 0 Å². The van der Waals surface area contributed by atoms with Crippen LogP contribution >= 0.6 is 0 Å². The molecular formula is C17H16FN3O2. The molecule has 0 spiro atoms. The summed E-state index contributed by atoms with van der Waals surface area (Å²) in [5, 5.41) is 2.73. The Hall–Kier alpha value is -2.89. The predicted octanol–water partition coefficient (Wildman–Crippen LogP) is 3.59. The Morgan fingerprint density at radius 3 is 2.70 bits per heavy atom. The zero-order valence-corrected chi connectivity index (χ0v) is 13.1. The highest BCUT2D eigenvalue weighted by Gasteiger charge is 2.12. The van der Waals surface area contributed by atoms with E-state index in [1.807, 2.05) is 0 Å². The Kier molecular flexibility index (Phi) is 3.73. The molecule has 1 amide bonds. The summed E-state index contributed by atoms with van der Waals surface area (Å²) in [6, 6.07) is 9.57. The highest BCUT2D eigenvalue weighted by molar-refractivity contribution is 6.05. The van der Waals surface area contributed by atoms with Gasteiger partial charge < -0.3 is 14.6 Å². The fourth-order valence-electron chi connectivity index (χ4n) is 2.33. The zero-order valence-electron chi connectivity index (χ0n) is 13.1. The van der Waals surface area contributed by atoms with E-state index in [-0.39, 0.29) is 11.5 Å². The van der Waals surface area contributed by atoms with Gasteiger partial charge in [-0.1, -0.05) is 0 Å². The van der Waals surface area contributed by atoms with Crippen LogP contribution in [0.15, 0.2) is 40.8 Å². The summed E-state index contributed by atoms with van der Waals surface area (Å²) in [4.78, 5) is 18.1. The number of anilines is 2. The average Bonchev–Trinajstić information content (AvgIpc) is 2.86. The Morgan fingerprint density at radius 1 is 1.22 bits per heavy atom. The number of fused-ring (bicyclic) bond motifs is 1. The van der Waals surface area contributed by atoms with E-state index in [0.29, 0.717) is 22.8 Å². The smallest absolute Gasteiger partial charge is 0.255 e. The van der Waals surface area contributed by atoms with Crippen molar-refractivity contribution in [1.29, 1.82) is 0 Å². The van der Waals surface area contributed by atoms with Gasteiger partial charge in [0.05, 0.1) is 5.69 Å². The summed E-state index contributed by atoms with van der Waals surface area (Å²) in [5.74, 6) is -0.265. The van der Waals surface area contributed by atoms with Gasteiger partial charge in [0, 0.05) is 38.3 Å². The van der Waals surface area contributed by atoms with E-state index in [0.717, 1.165) is 5.52 Å². The fourth-order valence-corrected chi connectivity index (χ4v) is 2.33. The van der Waals surface area contributed by atoms with Gasteiger partial charge in [0.1, 0.15) is 11.3 Å². The number of amides is 1. The molecule has 0 atom stereocenters. The van der Waals surface area contributed by atoms with Crippen LogP contribution in [0.25, 0.3) is 11.1 Å². The summed E-state index contributed by atoms with van der Waals surface area (Å²) in [6.45, 7) is 1.76. The van der Waals surface area contributed by atoms with Gasteiger partial charge in [-0.25, -0.2) is 9.37 Å². The number of aryl methyl sites for hydroxylation is 1. The van der Waals surface area contributed by atoms with E-state index >= 15 is 0 Å². The molecule has 1 aromatic heterocycles. The molecule has 1 heterocycles. The van der Waals surface area contributed by atoms with Crippen LogP contribution < -0.4 is 10.2 Å². The Bertz CT molecular complexity index is 887. The van der Waals surface area contributed by atoms with E-state index in [1.54, 1.807) is 56.3 Å². The first-order chi connectivity index (χ1) is 10.9. The van der Waals surface area contributed by atoms with E-state index in [2.05, 4.69) is 10.3 Å². The molecule has 5 nitrogen and oxygen atoms in total. The number of nitrogens with one attached hydrogen (secondary N) is 1. The molecule has 2 aromatic carbocycles. The molecule has 1 N–H and O–H groups in total. The van der Waals surface area contributed by atoms with Gasteiger partial charge in [0.25, 0.3) is 5.91 Å². The standard InChI is InChI=1S/C17H16FN3O2/c1-10-19-14-6-5-12(9-16(14)23-10)20-17(22)11-4-7-15(21(2)3)13(18)8-11/h4-9H,1-3H3,(H,20,22). The first-order valence-electron chi connectivity index (χ1n) is 7.09. The molecule has 118 valence electrons. The number of rotatable bonds is 3. The van der Waals surface area contributed by atoms with Crippen molar-refractivity contribution in [3.8, 4) is 0 Å². The number of aromatic nitrogens is 1. The third-order valence-electron chi connectivity index (χ3n) is 3.44. The van der Waals surface area contributed by atoms with Gasteiger partial charge in [-0.15, -0.1) is 0 Å². The van der Waals surface area contributed by atoms with Crippen molar-refractivity contribution in [3.63, 3.8) is 0 Å².